The number of nitrogens with one attached hydrogen (secondary N) is 2. The molecular formula is C22H23N3O5. The summed E-state index contributed by atoms with van der Waals surface area (Å²) in [6, 6.07) is 10.2. The highest BCUT2D eigenvalue weighted by Gasteiger charge is 2.49. The third-order valence-electron chi connectivity index (χ3n) is 5.44. The molecule has 2 aliphatic rings. The van der Waals surface area contributed by atoms with Crippen LogP contribution in [0.1, 0.15) is 23.6 Å². The average molecular weight is 409 g/mol. The number of urea groups is 1. The van der Waals surface area contributed by atoms with Crippen molar-refractivity contribution in [2.45, 2.75) is 26.3 Å². The smallest absolute Gasteiger partial charge is 0.325 e. The molecule has 156 valence electrons. The van der Waals surface area contributed by atoms with E-state index in [2.05, 4.69) is 10.6 Å². The van der Waals surface area contributed by atoms with Crippen LogP contribution in [-0.2, 0) is 15.1 Å². The summed E-state index contributed by atoms with van der Waals surface area (Å²) < 4.78 is 11.1. The monoisotopic (exact) mass is 409 g/mol. The molecule has 1 atom stereocenters. The average Bonchev–Trinajstić information content (AvgIpc) is 2.94. The SMILES string of the molecule is Cc1cccc(C)c1NC(=O)CN1C(=O)NC(C)(c2ccc3c(c2)OCCO3)C1=O. The van der Waals surface area contributed by atoms with Crippen LogP contribution in [0.25, 0.3) is 0 Å². The molecule has 30 heavy (non-hydrogen) atoms. The lowest BCUT2D eigenvalue weighted by Crippen LogP contribution is -2.42. The van der Waals surface area contributed by atoms with Crippen LogP contribution in [0.2, 0.25) is 0 Å². The van der Waals surface area contributed by atoms with E-state index in [9.17, 15) is 14.4 Å². The van der Waals surface area contributed by atoms with Gasteiger partial charge in [0.25, 0.3) is 5.91 Å². The zero-order valence-electron chi connectivity index (χ0n) is 17.1. The summed E-state index contributed by atoms with van der Waals surface area (Å²) in [6.45, 7) is 5.88. The fourth-order valence-corrected chi connectivity index (χ4v) is 3.72. The molecular weight excluding hydrogens is 386 g/mol. The fourth-order valence-electron chi connectivity index (χ4n) is 3.72. The number of fused-ring (bicyclic) bond motifs is 1. The number of carbonyl (C=O) groups is 3. The zero-order chi connectivity index (χ0) is 21.5. The molecule has 1 unspecified atom stereocenters. The van der Waals surface area contributed by atoms with Crippen molar-refractivity contribution in [3.05, 3.63) is 53.1 Å². The van der Waals surface area contributed by atoms with Crippen LogP contribution >= 0.6 is 0 Å². The van der Waals surface area contributed by atoms with Crippen LogP contribution in [0.3, 0.4) is 0 Å². The van der Waals surface area contributed by atoms with Gasteiger partial charge in [0.2, 0.25) is 5.91 Å². The third-order valence-corrected chi connectivity index (χ3v) is 5.44. The van der Waals surface area contributed by atoms with E-state index >= 15 is 0 Å². The summed E-state index contributed by atoms with van der Waals surface area (Å²) in [4.78, 5) is 39.2. The number of aryl methyl sites for hydroxylation is 2. The number of benzene rings is 2. The van der Waals surface area contributed by atoms with Crippen molar-refractivity contribution in [2.24, 2.45) is 0 Å². The van der Waals surface area contributed by atoms with Gasteiger partial charge in [0.1, 0.15) is 25.3 Å². The summed E-state index contributed by atoms with van der Waals surface area (Å²) in [5, 5.41) is 5.51. The van der Waals surface area contributed by atoms with E-state index in [0.717, 1.165) is 16.0 Å². The first-order valence-corrected chi connectivity index (χ1v) is 9.70. The molecule has 0 radical (unpaired) electrons. The normalized spacial score (nSPS) is 20.2. The van der Waals surface area contributed by atoms with Gasteiger partial charge in [-0.3, -0.25) is 14.5 Å². The second-order valence-electron chi connectivity index (χ2n) is 7.62. The predicted octanol–water partition coefficient (Wildman–Crippen LogP) is 2.48. The van der Waals surface area contributed by atoms with E-state index in [-0.39, 0.29) is 6.54 Å². The Morgan fingerprint density at radius 3 is 2.47 bits per heavy atom. The summed E-state index contributed by atoms with van der Waals surface area (Å²) in [6.07, 6.45) is 0. The topological polar surface area (TPSA) is 97.0 Å². The first-order valence-electron chi connectivity index (χ1n) is 9.70. The highest BCUT2D eigenvalue weighted by molar-refractivity contribution is 6.10. The van der Waals surface area contributed by atoms with Crippen molar-refractivity contribution >= 4 is 23.5 Å². The highest BCUT2D eigenvalue weighted by Crippen LogP contribution is 2.36. The van der Waals surface area contributed by atoms with E-state index in [0.29, 0.717) is 36.0 Å². The Morgan fingerprint density at radius 1 is 1.10 bits per heavy atom. The molecule has 2 aliphatic heterocycles. The minimum Gasteiger partial charge on any atom is -0.486 e. The van der Waals surface area contributed by atoms with Crippen molar-refractivity contribution in [2.75, 3.05) is 25.1 Å². The first-order chi connectivity index (χ1) is 14.3. The number of anilines is 1. The zero-order valence-corrected chi connectivity index (χ0v) is 17.1. The van der Waals surface area contributed by atoms with Crippen LogP contribution < -0.4 is 20.1 Å². The Hall–Kier alpha value is -3.55. The number of hydrogen-bond donors (Lipinski definition) is 2. The molecule has 1 fully saturated rings. The maximum absolute atomic E-state index is 13.1. The third kappa shape index (κ3) is 3.34. The van der Waals surface area contributed by atoms with E-state index in [4.69, 9.17) is 9.47 Å². The van der Waals surface area contributed by atoms with Gasteiger partial charge in [-0.25, -0.2) is 4.79 Å². The molecule has 1 saturated heterocycles. The lowest BCUT2D eigenvalue weighted by molar-refractivity contribution is -0.133. The number of imide groups is 1. The van der Waals surface area contributed by atoms with E-state index in [1.165, 1.54) is 0 Å². The van der Waals surface area contributed by atoms with Gasteiger partial charge >= 0.3 is 6.03 Å². The van der Waals surface area contributed by atoms with Gasteiger partial charge in [0.05, 0.1) is 0 Å². The number of carbonyl (C=O) groups excluding carboxylic acids is 3. The lowest BCUT2D eigenvalue weighted by Gasteiger charge is -2.25. The maximum Gasteiger partial charge on any atom is 0.325 e. The largest absolute Gasteiger partial charge is 0.486 e. The minimum atomic E-state index is -1.30. The molecule has 0 aliphatic carbocycles. The number of rotatable bonds is 4. The summed E-state index contributed by atoms with van der Waals surface area (Å²) in [5.74, 6) is 0.173. The molecule has 0 bridgehead atoms. The van der Waals surface area contributed by atoms with Gasteiger partial charge in [0, 0.05) is 5.69 Å². The molecule has 0 spiro atoms. The molecule has 2 aromatic carbocycles. The van der Waals surface area contributed by atoms with E-state index < -0.39 is 23.4 Å². The Kier molecular flexibility index (Phi) is 4.85. The first kappa shape index (κ1) is 19.8. The van der Waals surface area contributed by atoms with E-state index in [1.54, 1.807) is 25.1 Å². The minimum absolute atomic E-state index is 0.376. The van der Waals surface area contributed by atoms with Crippen LogP contribution in [0, 0.1) is 13.8 Å². The maximum atomic E-state index is 13.1. The summed E-state index contributed by atoms with van der Waals surface area (Å²) in [5.41, 5.74) is 1.75. The molecule has 4 amide bonds. The Labute approximate surface area is 174 Å². The second-order valence-corrected chi connectivity index (χ2v) is 7.62. The fraction of sp³-hybridized carbons (Fsp3) is 0.318. The van der Waals surface area contributed by atoms with Gasteiger partial charge in [-0.15, -0.1) is 0 Å². The van der Waals surface area contributed by atoms with Crippen molar-refractivity contribution in [1.82, 2.24) is 10.2 Å². The molecule has 0 saturated carbocycles. The molecule has 0 aromatic heterocycles. The van der Waals surface area contributed by atoms with Gasteiger partial charge in [-0.05, 0) is 49.6 Å². The van der Waals surface area contributed by atoms with Crippen molar-refractivity contribution in [3.63, 3.8) is 0 Å². The van der Waals surface area contributed by atoms with Gasteiger partial charge < -0.3 is 20.1 Å². The number of amides is 4. The van der Waals surface area contributed by atoms with Crippen LogP contribution in [0.4, 0.5) is 10.5 Å². The van der Waals surface area contributed by atoms with Crippen molar-refractivity contribution < 1.29 is 23.9 Å². The second kappa shape index (κ2) is 7.37. The Bertz CT molecular complexity index is 1030. The quantitative estimate of drug-likeness (QED) is 0.757. The van der Waals surface area contributed by atoms with Crippen LogP contribution in [0.15, 0.2) is 36.4 Å². The van der Waals surface area contributed by atoms with Gasteiger partial charge in [-0.1, -0.05) is 24.3 Å². The number of nitrogens with zero attached hydrogens (tertiary/aromatic N) is 1. The van der Waals surface area contributed by atoms with Crippen molar-refractivity contribution in [1.29, 1.82) is 0 Å². The molecule has 8 heteroatoms. The van der Waals surface area contributed by atoms with Crippen LogP contribution in [-0.4, -0.2) is 42.5 Å². The molecule has 4 rings (SSSR count). The predicted molar refractivity (Wildman–Crippen MR) is 110 cm³/mol. The highest BCUT2D eigenvalue weighted by atomic mass is 16.6. The molecule has 2 N–H and O–H groups in total. The Balaban J connectivity index is 1.53. The van der Waals surface area contributed by atoms with Crippen molar-refractivity contribution in [3.8, 4) is 11.5 Å². The Morgan fingerprint density at radius 2 is 1.77 bits per heavy atom. The summed E-state index contributed by atoms with van der Waals surface area (Å²) >= 11 is 0. The lowest BCUT2D eigenvalue weighted by atomic mass is 9.91. The van der Waals surface area contributed by atoms with Crippen LogP contribution in [0.5, 0.6) is 11.5 Å². The summed E-state index contributed by atoms with van der Waals surface area (Å²) in [7, 11) is 0. The number of hydrogen-bond acceptors (Lipinski definition) is 5. The number of ether oxygens (including phenoxy) is 2. The van der Waals surface area contributed by atoms with Gasteiger partial charge in [0.15, 0.2) is 11.5 Å². The molecule has 8 nitrogen and oxygen atoms in total. The molecule has 2 aromatic rings. The van der Waals surface area contributed by atoms with Gasteiger partial charge in [-0.2, -0.15) is 0 Å². The molecule has 2 heterocycles. The van der Waals surface area contributed by atoms with E-state index in [1.807, 2.05) is 32.0 Å². The standard InChI is InChI=1S/C22H23N3O5/c1-13-5-4-6-14(2)19(13)23-18(26)12-25-20(27)22(3,24-21(25)28)15-7-8-16-17(11-15)30-10-9-29-16/h4-8,11H,9-10,12H2,1-3H3,(H,23,26)(H,24,28). The number of para-hydroxylation sites is 1.